The topological polar surface area (TPSA) is 320 Å². The second-order valence-corrected chi connectivity index (χ2v) is 26.5. The Balaban J connectivity index is 0.000000194. The van der Waals surface area contributed by atoms with Crippen LogP contribution in [0.3, 0.4) is 0 Å². The molecule has 2 amide bonds. The van der Waals surface area contributed by atoms with Crippen molar-refractivity contribution in [3.8, 4) is 69.0 Å². The molecular formula is C78H95Cl2N3O24. The molecule has 0 aliphatic carbocycles. The molecule has 580 valence electrons. The maximum atomic E-state index is 12.5. The van der Waals surface area contributed by atoms with Crippen LogP contribution in [0.2, 0.25) is 0 Å². The number of amides is 2. The number of cyclic esters (lactones) is 3. The Kier molecular flexibility index (Phi) is 31.3. The number of hydrogen-bond donors (Lipinski definition) is 4. The number of aliphatic hydroxyl groups excluding tert-OH is 3. The Hall–Kier alpha value is -9.64. The zero-order valence-corrected chi connectivity index (χ0v) is 63.0. The zero-order chi connectivity index (χ0) is 76.0. The smallest absolute Gasteiger partial charge is 0.415 e. The minimum atomic E-state index is -0.949. The third kappa shape index (κ3) is 22.7. The number of esters is 3. The number of halogens is 2. The molecule has 6 heterocycles. The number of hydrogen-bond acceptors (Lipinski definition) is 25. The fraction of sp³-hybridized carbons (Fsp3) is 0.462. The van der Waals surface area contributed by atoms with Gasteiger partial charge in [-0.2, -0.15) is 0 Å². The van der Waals surface area contributed by atoms with E-state index in [1.807, 2.05) is 66.7 Å². The Morgan fingerprint density at radius 2 is 0.664 bits per heavy atom. The van der Waals surface area contributed by atoms with Crippen molar-refractivity contribution in [3.63, 3.8) is 0 Å². The van der Waals surface area contributed by atoms with Gasteiger partial charge >= 0.3 is 35.5 Å². The van der Waals surface area contributed by atoms with Gasteiger partial charge in [-0.05, 0) is 171 Å². The number of carbonyl (C=O) groups excluding carboxylic acids is 6. The molecule has 6 saturated heterocycles. The quantitative estimate of drug-likeness (QED) is 0.0249. The first-order valence-corrected chi connectivity index (χ1v) is 35.2. The molecular weight excluding hydrogens is 1430 g/mol. The third-order valence-corrected chi connectivity index (χ3v) is 19.4. The van der Waals surface area contributed by atoms with Crippen LogP contribution in [0.5, 0.6) is 69.0 Å². The summed E-state index contributed by atoms with van der Waals surface area (Å²) in [6.07, 6.45) is 3.23. The lowest BCUT2D eigenvalue weighted by molar-refractivity contribution is -0.142. The fourth-order valence-electron chi connectivity index (χ4n) is 13.5. The van der Waals surface area contributed by atoms with E-state index in [1.165, 1.54) is 31.1 Å². The van der Waals surface area contributed by atoms with Crippen molar-refractivity contribution in [1.82, 2.24) is 15.1 Å². The highest BCUT2D eigenvalue weighted by atomic mass is 35.5. The minimum absolute atomic E-state index is 0. The van der Waals surface area contributed by atoms with Crippen molar-refractivity contribution in [2.75, 3.05) is 123 Å². The van der Waals surface area contributed by atoms with Crippen LogP contribution in [0.25, 0.3) is 0 Å². The monoisotopic (exact) mass is 1530 g/mol. The van der Waals surface area contributed by atoms with Gasteiger partial charge in [0.15, 0.2) is 69.0 Å². The first-order valence-electron chi connectivity index (χ1n) is 34.9. The van der Waals surface area contributed by atoms with Crippen LogP contribution in [0, 0.1) is 35.5 Å². The van der Waals surface area contributed by atoms with Crippen LogP contribution in [0.15, 0.2) is 109 Å². The van der Waals surface area contributed by atoms with Crippen molar-refractivity contribution in [2.45, 2.75) is 76.1 Å². The predicted molar refractivity (Wildman–Crippen MR) is 393 cm³/mol. The summed E-state index contributed by atoms with van der Waals surface area (Å²) < 4.78 is 80.3. The SMILES string of the molecule is COc1ccc(C[C@H]2COC(=O)[C@@H]2Cc2ccc(OC(=O)Cl)c(OC)c2)cc1OC.COc1ccc(C[C@H]2COC(=O)[C@@H]2Cc2ccc(OC(=O)N3CC[C@@H](O)C3)c(OC)c2)cc1OC.COc1ccc(C[C@H]2COC(=O)[C@@H]2Cc2ccc(OC(=O)N3CC[C@@H](O)C3)c(OC)c2)cc1OC.Cl.O[C@@H]1CCNC1. The number of aliphatic hydroxyl groups is 3. The maximum Gasteiger partial charge on any atom is 0.415 e. The van der Waals surface area contributed by atoms with Crippen LogP contribution in [0.4, 0.5) is 14.4 Å². The molecule has 0 spiro atoms. The van der Waals surface area contributed by atoms with Gasteiger partial charge in [-0.15, -0.1) is 12.4 Å². The number of carbonyl (C=O) groups is 6. The van der Waals surface area contributed by atoms with Crippen molar-refractivity contribution in [2.24, 2.45) is 35.5 Å². The van der Waals surface area contributed by atoms with Crippen molar-refractivity contribution in [3.05, 3.63) is 143 Å². The van der Waals surface area contributed by atoms with Crippen LogP contribution in [-0.4, -0.2) is 202 Å². The van der Waals surface area contributed by atoms with Gasteiger partial charge in [-0.25, -0.2) is 14.4 Å². The number of ether oxygens (including phenoxy) is 15. The normalized spacial score (nSPS) is 21.1. The van der Waals surface area contributed by atoms with Gasteiger partial charge in [0, 0.05) is 62.1 Å². The molecule has 6 aromatic rings. The van der Waals surface area contributed by atoms with Gasteiger partial charge in [0.2, 0.25) is 0 Å². The number of benzene rings is 6. The van der Waals surface area contributed by atoms with Crippen LogP contribution in [0.1, 0.15) is 52.6 Å². The zero-order valence-electron chi connectivity index (χ0n) is 61.4. The highest BCUT2D eigenvalue weighted by molar-refractivity contribution is 6.61. The van der Waals surface area contributed by atoms with E-state index in [4.69, 9.17) is 87.8 Å². The molecule has 0 bridgehead atoms. The summed E-state index contributed by atoms with van der Waals surface area (Å²) in [5, 5.41) is 31.0. The maximum absolute atomic E-state index is 12.5. The molecule has 6 aliphatic heterocycles. The predicted octanol–water partition coefficient (Wildman–Crippen LogP) is 9.49. The Bertz CT molecular complexity index is 3820. The molecule has 27 nitrogen and oxygen atoms in total. The molecule has 0 saturated carbocycles. The van der Waals surface area contributed by atoms with E-state index in [0.717, 1.165) is 52.9 Å². The Morgan fingerprint density at radius 1 is 0.393 bits per heavy atom. The van der Waals surface area contributed by atoms with E-state index in [9.17, 15) is 39.0 Å². The second kappa shape index (κ2) is 40.4. The molecule has 107 heavy (non-hydrogen) atoms. The first kappa shape index (κ1) is 83.0. The number of β-amino-alcohol motifs (C(OH)–C–C–N with tert-alkyl or cyclic N) is 3. The van der Waals surface area contributed by atoms with Gasteiger partial charge in [-0.1, -0.05) is 36.4 Å². The van der Waals surface area contributed by atoms with E-state index < -0.39 is 29.8 Å². The number of rotatable bonds is 24. The lowest BCUT2D eigenvalue weighted by Crippen LogP contribution is -2.32. The van der Waals surface area contributed by atoms with Crippen molar-refractivity contribution >= 4 is 59.5 Å². The van der Waals surface area contributed by atoms with E-state index in [0.29, 0.717) is 148 Å². The van der Waals surface area contributed by atoms with Crippen LogP contribution >= 0.6 is 24.0 Å². The Labute approximate surface area is 633 Å². The third-order valence-electron chi connectivity index (χ3n) is 19.3. The second-order valence-electron chi connectivity index (χ2n) is 26.2. The van der Waals surface area contributed by atoms with Gasteiger partial charge in [-0.3, -0.25) is 14.4 Å². The average Bonchev–Trinajstić information content (AvgIpc) is 1.74. The summed E-state index contributed by atoms with van der Waals surface area (Å²) in [5.41, 5.74) is 4.75. The summed E-state index contributed by atoms with van der Waals surface area (Å²) >= 11 is 5.28. The lowest BCUT2D eigenvalue weighted by atomic mass is 9.85. The standard InChI is InChI=1S/2C26H31NO8.C22H23ClO7.C4H9NO.ClH/c2*1-31-21-6-4-16(12-23(21)32-2)10-18-15-34-25(29)20(18)11-17-5-7-22(24(13-17)33-3)35-26(30)27-9-8-19(28)14-27;1-26-17-6-4-13(10-19(17)27-2)8-15-12-29-21(24)16(15)9-14-5-7-18(30-22(23)25)20(11-14)28-3;6-4-1-2-5-3-4;/h2*4-7,12-13,18-20,28H,8-11,14-15H2,1-3H3;4-7,10-11,15-16H,8-9,12H2,1-3H3;4-6H,1-3H2;1H/t2*18-,19+,20+;15-,16+;4-;/m0001./s1. The molecule has 0 aromatic heterocycles. The molecule has 29 heteroatoms. The van der Waals surface area contributed by atoms with Gasteiger partial charge in [0.1, 0.15) is 0 Å². The summed E-state index contributed by atoms with van der Waals surface area (Å²) in [6, 6.07) is 32.8. The van der Waals surface area contributed by atoms with Crippen LogP contribution < -0.4 is 62.2 Å². The molecule has 9 atom stereocenters. The van der Waals surface area contributed by atoms with Gasteiger partial charge < -0.3 is 101 Å². The van der Waals surface area contributed by atoms with E-state index in [1.54, 1.807) is 85.1 Å². The number of likely N-dealkylation sites (tertiary alicyclic amines) is 2. The molecule has 6 aromatic carbocycles. The van der Waals surface area contributed by atoms with E-state index in [-0.39, 0.29) is 90.8 Å². The number of methoxy groups -OCH3 is 9. The molecule has 0 unspecified atom stereocenters. The van der Waals surface area contributed by atoms with Crippen molar-refractivity contribution in [1.29, 1.82) is 0 Å². The average molecular weight is 1530 g/mol. The summed E-state index contributed by atoms with van der Waals surface area (Å²) in [5.74, 6) is 4.28. The fourth-order valence-corrected chi connectivity index (χ4v) is 13.6. The summed E-state index contributed by atoms with van der Waals surface area (Å²) in [4.78, 5) is 76.2. The molecule has 12 rings (SSSR count). The summed E-state index contributed by atoms with van der Waals surface area (Å²) in [7, 11) is 14.0. The highest BCUT2D eigenvalue weighted by Crippen LogP contribution is 2.40. The first-order chi connectivity index (χ1) is 51.2. The summed E-state index contributed by atoms with van der Waals surface area (Å²) in [6.45, 7) is 4.25. The highest BCUT2D eigenvalue weighted by Gasteiger charge is 2.40. The number of nitrogens with one attached hydrogen (secondary N) is 1. The molecule has 0 radical (unpaired) electrons. The van der Waals surface area contributed by atoms with Crippen molar-refractivity contribution < 1.29 is 115 Å². The Morgan fingerprint density at radius 3 is 0.897 bits per heavy atom. The van der Waals surface area contributed by atoms with Gasteiger partial charge in [0.25, 0.3) is 0 Å². The largest absolute Gasteiger partial charge is 0.493 e. The molecule has 6 aliphatic rings. The van der Waals surface area contributed by atoms with Gasteiger partial charge in [0.05, 0.1) is 120 Å². The lowest BCUT2D eigenvalue weighted by Gasteiger charge is -2.18. The van der Waals surface area contributed by atoms with Crippen LogP contribution in [-0.2, 0) is 67.1 Å². The van der Waals surface area contributed by atoms with E-state index >= 15 is 0 Å². The molecule has 4 N–H and O–H groups in total. The number of nitrogens with zero attached hydrogens (tertiary/aromatic N) is 2. The molecule has 6 fully saturated rings. The minimum Gasteiger partial charge on any atom is -0.493 e. The van der Waals surface area contributed by atoms with E-state index in [2.05, 4.69) is 5.32 Å².